The number of hydrogen-bond acceptors (Lipinski definition) is 1. The molecule has 0 aromatic rings. The van der Waals surface area contributed by atoms with E-state index in [1.165, 1.54) is 0 Å². The molecule has 1 nitrogen and oxygen atoms in total. The Labute approximate surface area is 69.9 Å². The summed E-state index contributed by atoms with van der Waals surface area (Å²) in [6.07, 6.45) is 6.40. The first-order chi connectivity index (χ1) is 4.97. The molecule has 0 saturated heterocycles. The highest BCUT2D eigenvalue weighted by atomic mass is 28.4. The van der Waals surface area contributed by atoms with Gasteiger partial charge in [-0.1, -0.05) is 13.0 Å². The van der Waals surface area contributed by atoms with Gasteiger partial charge in [0.2, 0.25) is 8.32 Å². The molecule has 0 amide bonds. The quantitative estimate of drug-likeness (QED) is 0.576. The molecule has 1 unspecified atom stereocenters. The summed E-state index contributed by atoms with van der Waals surface area (Å²) < 4.78 is 5.78. The van der Waals surface area contributed by atoms with Crippen LogP contribution in [0.1, 0.15) is 6.92 Å². The van der Waals surface area contributed by atoms with Gasteiger partial charge in [-0.25, -0.2) is 0 Å². The van der Waals surface area contributed by atoms with Gasteiger partial charge in [-0.15, -0.1) is 0 Å². The van der Waals surface area contributed by atoms with Crippen LogP contribution < -0.4 is 0 Å². The van der Waals surface area contributed by atoms with Crippen molar-refractivity contribution in [3.8, 4) is 0 Å². The Bertz CT molecular complexity index is 198. The van der Waals surface area contributed by atoms with Crippen LogP contribution in [0.2, 0.25) is 19.6 Å². The average molecular weight is 168 g/mol. The van der Waals surface area contributed by atoms with Crippen LogP contribution in [0, 0.1) is 5.92 Å². The molecule has 1 aliphatic carbocycles. The lowest BCUT2D eigenvalue weighted by molar-refractivity contribution is 0.441. The highest BCUT2D eigenvalue weighted by molar-refractivity contribution is 6.70. The second kappa shape index (κ2) is 2.86. The van der Waals surface area contributed by atoms with E-state index in [1.54, 1.807) is 0 Å². The minimum Gasteiger partial charge on any atom is -0.545 e. The molecule has 0 fully saturated rings. The largest absolute Gasteiger partial charge is 0.545 e. The third kappa shape index (κ3) is 2.93. The summed E-state index contributed by atoms with van der Waals surface area (Å²) in [7, 11) is -1.37. The Kier molecular flexibility index (Phi) is 2.23. The van der Waals surface area contributed by atoms with E-state index in [9.17, 15) is 0 Å². The molecule has 0 heterocycles. The second-order valence-electron chi connectivity index (χ2n) is 4.00. The van der Waals surface area contributed by atoms with E-state index in [-0.39, 0.29) is 0 Å². The van der Waals surface area contributed by atoms with E-state index in [4.69, 9.17) is 4.43 Å². The van der Waals surface area contributed by atoms with Crippen molar-refractivity contribution >= 4 is 8.32 Å². The first-order valence-corrected chi connectivity index (χ1v) is 7.47. The van der Waals surface area contributed by atoms with E-state index in [0.717, 1.165) is 5.76 Å². The van der Waals surface area contributed by atoms with E-state index in [0.29, 0.717) is 5.92 Å². The maximum absolute atomic E-state index is 5.78. The number of allylic oxidation sites excluding steroid dienone is 3. The summed E-state index contributed by atoms with van der Waals surface area (Å²) in [5.74, 6) is 1.62. The van der Waals surface area contributed by atoms with Crippen molar-refractivity contribution in [3.63, 3.8) is 0 Å². The standard InChI is InChI=1S/C9H16OSi/c1-8-5-6-9(7-8)10-11(2,3)4/h5-8H,1-4H3. The monoisotopic (exact) mass is 168 g/mol. The molecular formula is C9H16OSi. The maximum Gasteiger partial charge on any atom is 0.242 e. The van der Waals surface area contributed by atoms with Gasteiger partial charge in [0.1, 0.15) is 0 Å². The lowest BCUT2D eigenvalue weighted by Gasteiger charge is -2.18. The van der Waals surface area contributed by atoms with Crippen LogP contribution >= 0.6 is 0 Å². The zero-order valence-corrected chi connectivity index (χ0v) is 8.72. The molecule has 0 aromatic carbocycles. The third-order valence-corrected chi connectivity index (χ3v) is 2.26. The van der Waals surface area contributed by atoms with Crippen molar-refractivity contribution in [2.45, 2.75) is 26.6 Å². The maximum atomic E-state index is 5.78. The predicted octanol–water partition coefficient (Wildman–Crippen LogP) is 2.93. The Morgan fingerprint density at radius 3 is 2.36 bits per heavy atom. The lowest BCUT2D eigenvalue weighted by Crippen LogP contribution is -2.24. The van der Waals surface area contributed by atoms with E-state index in [2.05, 4.69) is 44.8 Å². The summed E-state index contributed by atoms with van der Waals surface area (Å²) in [6, 6.07) is 0. The fourth-order valence-electron chi connectivity index (χ4n) is 1.04. The summed E-state index contributed by atoms with van der Waals surface area (Å²) >= 11 is 0. The van der Waals surface area contributed by atoms with Gasteiger partial charge < -0.3 is 4.43 Å². The molecule has 0 saturated carbocycles. The number of rotatable bonds is 2. The molecule has 2 heteroatoms. The van der Waals surface area contributed by atoms with Gasteiger partial charge in [-0.05, 0) is 37.7 Å². The summed E-state index contributed by atoms with van der Waals surface area (Å²) in [4.78, 5) is 0. The highest BCUT2D eigenvalue weighted by Gasteiger charge is 2.18. The van der Waals surface area contributed by atoms with Crippen molar-refractivity contribution in [3.05, 3.63) is 24.0 Å². The van der Waals surface area contributed by atoms with Crippen molar-refractivity contribution < 1.29 is 4.43 Å². The Morgan fingerprint density at radius 1 is 1.36 bits per heavy atom. The van der Waals surface area contributed by atoms with Crippen molar-refractivity contribution in [1.82, 2.24) is 0 Å². The van der Waals surface area contributed by atoms with Gasteiger partial charge in [0, 0.05) is 0 Å². The first kappa shape index (κ1) is 8.59. The molecule has 0 aliphatic heterocycles. The minimum atomic E-state index is -1.37. The molecule has 1 rings (SSSR count). The zero-order chi connectivity index (χ0) is 8.48. The summed E-state index contributed by atoms with van der Waals surface area (Å²) in [5, 5.41) is 0. The highest BCUT2D eigenvalue weighted by Crippen LogP contribution is 2.19. The van der Waals surface area contributed by atoms with Crippen LogP contribution in [0.15, 0.2) is 24.0 Å². The first-order valence-electron chi connectivity index (χ1n) is 4.06. The third-order valence-electron chi connectivity index (χ3n) is 1.42. The number of hydrogen-bond donors (Lipinski definition) is 0. The lowest BCUT2D eigenvalue weighted by atomic mass is 10.2. The summed E-state index contributed by atoms with van der Waals surface area (Å²) in [6.45, 7) is 8.76. The normalized spacial score (nSPS) is 23.6. The minimum absolute atomic E-state index is 0.557. The molecule has 11 heavy (non-hydrogen) atoms. The molecule has 0 radical (unpaired) electrons. The molecule has 1 aliphatic rings. The van der Waals surface area contributed by atoms with E-state index in [1.807, 2.05) is 0 Å². The zero-order valence-electron chi connectivity index (χ0n) is 7.72. The average Bonchev–Trinajstić information content (AvgIpc) is 2.10. The van der Waals surface area contributed by atoms with Gasteiger partial charge >= 0.3 is 0 Å². The van der Waals surface area contributed by atoms with Crippen LogP contribution in [0.3, 0.4) is 0 Å². The van der Waals surface area contributed by atoms with Gasteiger partial charge in [0.05, 0.1) is 5.76 Å². The fraction of sp³-hybridized carbons (Fsp3) is 0.556. The Hall–Kier alpha value is -0.503. The molecule has 0 bridgehead atoms. The van der Waals surface area contributed by atoms with Gasteiger partial charge in [0.25, 0.3) is 0 Å². The molecular weight excluding hydrogens is 152 g/mol. The predicted molar refractivity (Wildman–Crippen MR) is 50.8 cm³/mol. The van der Waals surface area contributed by atoms with Crippen LogP contribution in [0.25, 0.3) is 0 Å². The van der Waals surface area contributed by atoms with Crippen LogP contribution in [-0.4, -0.2) is 8.32 Å². The SMILES string of the molecule is CC1C=CC(O[Si](C)(C)C)=C1. The second-order valence-corrected chi connectivity index (χ2v) is 8.43. The van der Waals surface area contributed by atoms with Crippen LogP contribution in [-0.2, 0) is 4.43 Å². The topological polar surface area (TPSA) is 9.23 Å². The van der Waals surface area contributed by atoms with E-state index >= 15 is 0 Å². The van der Waals surface area contributed by atoms with Crippen molar-refractivity contribution in [2.24, 2.45) is 5.92 Å². The van der Waals surface area contributed by atoms with Crippen molar-refractivity contribution in [2.75, 3.05) is 0 Å². The molecule has 0 spiro atoms. The smallest absolute Gasteiger partial charge is 0.242 e. The molecule has 62 valence electrons. The Morgan fingerprint density at radius 2 is 2.00 bits per heavy atom. The van der Waals surface area contributed by atoms with E-state index < -0.39 is 8.32 Å². The summed E-state index contributed by atoms with van der Waals surface area (Å²) in [5.41, 5.74) is 0. The van der Waals surface area contributed by atoms with Crippen molar-refractivity contribution in [1.29, 1.82) is 0 Å². The fourth-order valence-corrected chi connectivity index (χ4v) is 1.88. The molecule has 1 atom stereocenters. The van der Waals surface area contributed by atoms with Crippen LogP contribution in [0.5, 0.6) is 0 Å². The van der Waals surface area contributed by atoms with Crippen LogP contribution in [0.4, 0.5) is 0 Å². The molecule has 0 N–H and O–H groups in total. The van der Waals surface area contributed by atoms with Gasteiger partial charge in [-0.3, -0.25) is 0 Å². The Balaban J connectivity index is 2.53. The van der Waals surface area contributed by atoms with Gasteiger partial charge in [0.15, 0.2) is 0 Å². The molecule has 0 aromatic heterocycles. The van der Waals surface area contributed by atoms with Gasteiger partial charge in [-0.2, -0.15) is 0 Å².